The molecule has 6 saturated heterocycles. The molecule has 0 unspecified atom stereocenters. The van der Waals surface area contributed by atoms with E-state index >= 15 is 0 Å². The van der Waals surface area contributed by atoms with Crippen LogP contribution in [0.1, 0.15) is 194 Å². The lowest BCUT2D eigenvalue weighted by molar-refractivity contribution is -0.168. The molecular formula is C59H110N4O8S. The van der Waals surface area contributed by atoms with Crippen molar-refractivity contribution < 1.29 is 38.1 Å². The van der Waals surface area contributed by atoms with Crippen molar-refractivity contribution in [3.8, 4) is 0 Å². The van der Waals surface area contributed by atoms with Crippen molar-refractivity contribution in [3.05, 3.63) is 0 Å². The molecule has 6 rings (SSSR count). The first-order valence-electron chi connectivity index (χ1n) is 28.5. The molecule has 0 spiro atoms. The van der Waals surface area contributed by atoms with E-state index in [1.807, 2.05) is 67.2 Å². The summed E-state index contributed by atoms with van der Waals surface area (Å²) >= 11 is 2.02. The first-order chi connectivity index (χ1) is 33.3. The zero-order valence-electron chi connectivity index (χ0n) is 49.4. The fourth-order valence-corrected chi connectivity index (χ4v) is 12.2. The fourth-order valence-electron chi connectivity index (χ4n) is 10.9. The quantitative estimate of drug-likeness (QED) is 0.173. The van der Waals surface area contributed by atoms with Crippen LogP contribution in [0.15, 0.2) is 0 Å². The molecule has 6 heterocycles. The summed E-state index contributed by atoms with van der Waals surface area (Å²) in [4.78, 5) is 59.3. The number of likely N-dealkylation sites (tertiary alicyclic amines) is 3. The van der Waals surface area contributed by atoms with Crippen molar-refractivity contribution in [2.75, 3.05) is 117 Å². The Bertz CT molecular complexity index is 1560. The number of ketones is 2. The van der Waals surface area contributed by atoms with Crippen LogP contribution < -0.4 is 0 Å². The van der Waals surface area contributed by atoms with Gasteiger partial charge in [-0.3, -0.25) is 29.0 Å². The topological polar surface area (TPSA) is 118 Å². The number of rotatable bonds is 12. The number of ether oxygens (including phenoxy) is 4. The minimum atomic E-state index is -0.443. The second-order valence-corrected chi connectivity index (χ2v) is 28.8. The number of nitrogens with zero attached hydrogens (tertiary/aromatic N) is 4. The van der Waals surface area contributed by atoms with Gasteiger partial charge in [0.2, 0.25) is 0 Å². The van der Waals surface area contributed by atoms with E-state index < -0.39 is 16.4 Å². The third-order valence-electron chi connectivity index (χ3n) is 15.2. The number of carbonyl (C=O) groups excluding carboxylic acids is 4. The van der Waals surface area contributed by atoms with Gasteiger partial charge in [-0.25, -0.2) is 0 Å². The summed E-state index contributed by atoms with van der Waals surface area (Å²) in [6, 6.07) is 0. The Morgan fingerprint density at radius 2 is 0.847 bits per heavy atom. The smallest absolute Gasteiger partial charge is 0.311 e. The fraction of sp³-hybridized carbons (Fsp3) is 0.932. The van der Waals surface area contributed by atoms with Crippen LogP contribution in [-0.2, 0) is 38.1 Å². The van der Waals surface area contributed by atoms with E-state index in [9.17, 15) is 19.2 Å². The van der Waals surface area contributed by atoms with Crippen molar-refractivity contribution in [2.24, 2.45) is 32.5 Å². The third-order valence-corrected chi connectivity index (χ3v) is 16.2. The lowest BCUT2D eigenvalue weighted by atomic mass is 9.67. The first kappa shape index (κ1) is 64.7. The summed E-state index contributed by atoms with van der Waals surface area (Å²) in [5, 5.41) is 0. The molecule has 13 heteroatoms. The van der Waals surface area contributed by atoms with E-state index in [-0.39, 0.29) is 39.1 Å². The highest BCUT2D eigenvalue weighted by molar-refractivity contribution is 7.99. The van der Waals surface area contributed by atoms with E-state index in [2.05, 4.69) is 75.0 Å². The summed E-state index contributed by atoms with van der Waals surface area (Å²) < 4.78 is 21.8. The monoisotopic (exact) mass is 1030 g/mol. The summed E-state index contributed by atoms with van der Waals surface area (Å²) in [5.41, 5.74) is -1.98. The zero-order chi connectivity index (χ0) is 54.1. The van der Waals surface area contributed by atoms with Gasteiger partial charge < -0.3 is 28.7 Å². The molecule has 6 aliphatic heterocycles. The molecule has 0 bridgehead atoms. The number of esters is 2. The number of morpholine rings is 1. The highest BCUT2D eigenvalue weighted by Crippen LogP contribution is 2.43. The Kier molecular flexibility index (Phi) is 25.8. The molecule has 6 aliphatic rings. The molecule has 0 aromatic rings. The number of hydrogen-bond acceptors (Lipinski definition) is 13. The summed E-state index contributed by atoms with van der Waals surface area (Å²) in [7, 11) is 0. The standard InChI is InChI=1S/C16H29NO2.C16H29NOS.C14H27NO2.C13H25NO3/c2*1-15(2,3)14(18)16(7-11-19-12-8-16)13-17-9-5-4-6-10-17;1-13(2,3)12(16)17-11-14(4,5)15-9-7-6-8-10-15;1-12(2,3)11(15)17-13(4,5)10-14-6-8-16-9-7-14/h2*4-13H2,1-3H3;6-11H2,1-5H3;6-10H2,1-5H3. The molecule has 6 fully saturated rings. The second kappa shape index (κ2) is 28.7. The minimum Gasteiger partial charge on any atom is -0.463 e. The Hall–Kier alpha value is -1.61. The van der Waals surface area contributed by atoms with Crippen LogP contribution in [0.25, 0.3) is 0 Å². The van der Waals surface area contributed by atoms with Crippen molar-refractivity contribution in [2.45, 2.75) is 205 Å². The van der Waals surface area contributed by atoms with Crippen LogP contribution in [0.4, 0.5) is 0 Å². The number of Topliss-reactive ketones (excluding diaryl/α,β-unsaturated/α-hetero) is 2. The predicted octanol–water partition coefficient (Wildman–Crippen LogP) is 11.0. The Morgan fingerprint density at radius 1 is 0.458 bits per heavy atom. The lowest BCUT2D eigenvalue weighted by Gasteiger charge is -2.43. The van der Waals surface area contributed by atoms with Gasteiger partial charge in [-0.1, -0.05) is 60.8 Å². The van der Waals surface area contributed by atoms with E-state index in [0.717, 1.165) is 109 Å². The van der Waals surface area contributed by atoms with Crippen LogP contribution in [-0.4, -0.2) is 171 Å². The molecule has 0 radical (unpaired) electrons. The molecule has 0 aliphatic carbocycles. The van der Waals surface area contributed by atoms with Crippen molar-refractivity contribution in [1.29, 1.82) is 0 Å². The molecule has 420 valence electrons. The SMILES string of the molecule is CC(C)(C)C(=O)C1(CN2CCCCC2)CCOCC1.CC(C)(C)C(=O)C1(CN2CCCCC2)CCSCC1.CC(C)(C)C(=O)OCC(C)(C)N1CCCCC1.CC(C)(CN1CCOCC1)OC(=O)C(C)(C)C. The van der Waals surface area contributed by atoms with Crippen LogP contribution in [0.2, 0.25) is 0 Å². The Labute approximate surface area is 445 Å². The van der Waals surface area contributed by atoms with Crippen LogP contribution in [0.3, 0.4) is 0 Å². The van der Waals surface area contributed by atoms with Gasteiger partial charge >= 0.3 is 11.9 Å². The van der Waals surface area contributed by atoms with Crippen molar-refractivity contribution in [1.82, 2.24) is 19.6 Å². The largest absolute Gasteiger partial charge is 0.463 e. The average molecular weight is 1040 g/mol. The molecule has 0 aromatic heterocycles. The third kappa shape index (κ3) is 22.2. The molecule has 12 nitrogen and oxygen atoms in total. The van der Waals surface area contributed by atoms with E-state index in [0.29, 0.717) is 18.2 Å². The Morgan fingerprint density at radius 3 is 1.25 bits per heavy atom. The maximum Gasteiger partial charge on any atom is 0.311 e. The highest BCUT2D eigenvalue weighted by atomic mass is 32.2. The van der Waals surface area contributed by atoms with Gasteiger partial charge in [0, 0.05) is 73.1 Å². The van der Waals surface area contributed by atoms with Gasteiger partial charge in [-0.05, 0) is 184 Å². The van der Waals surface area contributed by atoms with Gasteiger partial charge in [0.1, 0.15) is 23.8 Å². The molecule has 0 aromatic carbocycles. The maximum absolute atomic E-state index is 13.0. The molecule has 0 amide bonds. The summed E-state index contributed by atoms with van der Waals surface area (Å²) in [5.74, 6) is 3.02. The lowest BCUT2D eigenvalue weighted by Crippen LogP contribution is -2.51. The maximum atomic E-state index is 13.0. The van der Waals surface area contributed by atoms with Gasteiger partial charge in [-0.15, -0.1) is 0 Å². The first-order valence-corrected chi connectivity index (χ1v) is 29.6. The average Bonchev–Trinajstić information content (AvgIpc) is 3.31. The van der Waals surface area contributed by atoms with E-state index in [4.69, 9.17) is 18.9 Å². The van der Waals surface area contributed by atoms with Gasteiger partial charge in [-0.2, -0.15) is 11.8 Å². The van der Waals surface area contributed by atoms with Crippen LogP contribution in [0.5, 0.6) is 0 Å². The molecule has 0 atom stereocenters. The molecular weight excluding hydrogens is 925 g/mol. The van der Waals surface area contributed by atoms with E-state index in [1.54, 1.807) is 0 Å². The number of hydrogen-bond donors (Lipinski definition) is 0. The van der Waals surface area contributed by atoms with Gasteiger partial charge in [0.25, 0.3) is 0 Å². The van der Waals surface area contributed by atoms with E-state index in [1.165, 1.54) is 84.0 Å². The predicted molar refractivity (Wildman–Crippen MR) is 298 cm³/mol. The zero-order valence-corrected chi connectivity index (χ0v) is 50.2. The Balaban J connectivity index is 0.000000254. The van der Waals surface area contributed by atoms with Crippen LogP contribution >= 0.6 is 11.8 Å². The summed E-state index contributed by atoms with van der Waals surface area (Å²) in [6.45, 7) is 47.1. The molecule has 0 saturated carbocycles. The molecule has 0 N–H and O–H groups in total. The summed E-state index contributed by atoms with van der Waals surface area (Å²) in [6.07, 6.45) is 15.7. The van der Waals surface area contributed by atoms with Crippen LogP contribution in [0, 0.1) is 32.5 Å². The van der Waals surface area contributed by atoms with Crippen molar-refractivity contribution >= 4 is 35.3 Å². The number of thioether (sulfide) groups is 1. The van der Waals surface area contributed by atoms with Gasteiger partial charge in [0.05, 0.1) is 24.0 Å². The number of piperidine rings is 3. The van der Waals surface area contributed by atoms with Crippen molar-refractivity contribution in [3.63, 3.8) is 0 Å². The van der Waals surface area contributed by atoms with Gasteiger partial charge in [0.15, 0.2) is 0 Å². The second-order valence-electron chi connectivity index (χ2n) is 27.6. The number of carbonyl (C=O) groups is 4. The normalized spacial score (nSPS) is 22.3. The minimum absolute atomic E-state index is 0.0403. The molecule has 72 heavy (non-hydrogen) atoms. The highest BCUT2D eigenvalue weighted by Gasteiger charge is 2.47.